The summed E-state index contributed by atoms with van der Waals surface area (Å²) < 4.78 is 5.77. The molecule has 0 radical (unpaired) electrons. The zero-order valence-corrected chi connectivity index (χ0v) is 16.6. The predicted molar refractivity (Wildman–Crippen MR) is 112 cm³/mol. The fourth-order valence-corrected chi connectivity index (χ4v) is 2.80. The van der Waals surface area contributed by atoms with E-state index in [0.717, 1.165) is 5.56 Å². The molecule has 29 heavy (non-hydrogen) atoms. The molecule has 0 spiro atoms. The van der Waals surface area contributed by atoms with Crippen LogP contribution in [0.5, 0.6) is 0 Å². The number of furan rings is 1. The SMILES string of the molecule is CC(C)(C)c1ccc(-c2ccc(C=C(NC(=O)c3ccccc3)C(=O)O)o2)cc1. The lowest BCUT2D eigenvalue weighted by atomic mass is 9.86. The number of carbonyl (C=O) groups is 2. The second-order valence-corrected chi connectivity index (χ2v) is 7.71. The molecule has 0 fully saturated rings. The standard InChI is InChI=1S/C24H23NO4/c1-24(2,3)18-11-9-16(10-12-18)21-14-13-19(29-21)15-20(23(27)28)25-22(26)17-7-5-4-6-8-17/h4-15H,1-3H3,(H,25,26)(H,27,28). The zero-order valence-electron chi connectivity index (χ0n) is 16.6. The van der Waals surface area contributed by atoms with Crippen molar-refractivity contribution in [2.45, 2.75) is 26.2 Å². The van der Waals surface area contributed by atoms with E-state index in [0.29, 0.717) is 17.1 Å². The number of rotatable bonds is 5. The predicted octanol–water partition coefficient (Wildman–Crippen LogP) is 5.10. The molecule has 1 aromatic heterocycles. The molecule has 0 bridgehead atoms. The van der Waals surface area contributed by atoms with Gasteiger partial charge in [-0.15, -0.1) is 0 Å². The fraction of sp³-hybridized carbons (Fsp3) is 0.167. The quantitative estimate of drug-likeness (QED) is 0.595. The van der Waals surface area contributed by atoms with Gasteiger partial charge in [-0.3, -0.25) is 4.79 Å². The van der Waals surface area contributed by atoms with Crippen molar-refractivity contribution in [1.29, 1.82) is 0 Å². The molecular weight excluding hydrogens is 366 g/mol. The molecule has 0 aliphatic carbocycles. The van der Waals surface area contributed by atoms with Gasteiger partial charge < -0.3 is 14.8 Å². The molecule has 1 heterocycles. The van der Waals surface area contributed by atoms with E-state index in [1.807, 2.05) is 12.1 Å². The molecule has 3 rings (SSSR count). The Morgan fingerprint density at radius 3 is 2.17 bits per heavy atom. The minimum Gasteiger partial charge on any atom is -0.477 e. The number of hydrogen-bond donors (Lipinski definition) is 2. The number of amides is 1. The second kappa shape index (κ2) is 8.19. The first-order chi connectivity index (χ1) is 13.7. The van der Waals surface area contributed by atoms with Crippen LogP contribution in [0.4, 0.5) is 0 Å². The number of hydrogen-bond acceptors (Lipinski definition) is 3. The van der Waals surface area contributed by atoms with Crippen molar-refractivity contribution in [3.63, 3.8) is 0 Å². The summed E-state index contributed by atoms with van der Waals surface area (Å²) in [5.74, 6) is -0.785. The molecule has 5 heteroatoms. The Balaban J connectivity index is 1.81. The number of carbonyl (C=O) groups excluding carboxylic acids is 1. The van der Waals surface area contributed by atoms with Gasteiger partial charge in [-0.1, -0.05) is 63.2 Å². The summed E-state index contributed by atoms with van der Waals surface area (Å²) in [6.45, 7) is 6.44. The summed E-state index contributed by atoms with van der Waals surface area (Å²) in [4.78, 5) is 23.8. The van der Waals surface area contributed by atoms with Crippen molar-refractivity contribution >= 4 is 18.0 Å². The van der Waals surface area contributed by atoms with E-state index in [4.69, 9.17) is 4.42 Å². The van der Waals surface area contributed by atoms with Gasteiger partial charge in [0.15, 0.2) is 0 Å². The van der Waals surface area contributed by atoms with Crippen LogP contribution in [-0.4, -0.2) is 17.0 Å². The van der Waals surface area contributed by atoms with Crippen molar-refractivity contribution in [3.8, 4) is 11.3 Å². The molecule has 5 nitrogen and oxygen atoms in total. The van der Waals surface area contributed by atoms with Gasteiger partial charge in [0.05, 0.1) is 0 Å². The molecule has 0 aliphatic rings. The zero-order chi connectivity index (χ0) is 21.0. The van der Waals surface area contributed by atoms with Gasteiger partial charge in [-0.25, -0.2) is 4.79 Å². The van der Waals surface area contributed by atoms with E-state index < -0.39 is 11.9 Å². The van der Waals surface area contributed by atoms with E-state index >= 15 is 0 Å². The first kappa shape index (κ1) is 20.1. The minimum atomic E-state index is -1.25. The van der Waals surface area contributed by atoms with Crippen LogP contribution in [0.3, 0.4) is 0 Å². The Bertz CT molecular complexity index is 1040. The average molecular weight is 389 g/mol. The molecule has 1 amide bonds. The molecule has 0 unspecified atom stereocenters. The highest BCUT2D eigenvalue weighted by Gasteiger charge is 2.16. The van der Waals surface area contributed by atoms with Gasteiger partial charge in [0.25, 0.3) is 5.91 Å². The highest BCUT2D eigenvalue weighted by Crippen LogP contribution is 2.27. The van der Waals surface area contributed by atoms with Crippen LogP contribution in [0.15, 0.2) is 76.8 Å². The topological polar surface area (TPSA) is 79.5 Å². The van der Waals surface area contributed by atoms with Crippen LogP contribution >= 0.6 is 0 Å². The van der Waals surface area contributed by atoms with Crippen LogP contribution in [-0.2, 0) is 10.2 Å². The third kappa shape index (κ3) is 5.02. The summed E-state index contributed by atoms with van der Waals surface area (Å²) in [6.07, 6.45) is 1.30. The van der Waals surface area contributed by atoms with Gasteiger partial charge in [-0.2, -0.15) is 0 Å². The van der Waals surface area contributed by atoms with E-state index in [9.17, 15) is 14.7 Å². The van der Waals surface area contributed by atoms with Crippen molar-refractivity contribution in [1.82, 2.24) is 5.32 Å². The summed E-state index contributed by atoms with van der Waals surface area (Å²) >= 11 is 0. The molecule has 0 atom stereocenters. The van der Waals surface area contributed by atoms with Crippen molar-refractivity contribution in [2.24, 2.45) is 0 Å². The fourth-order valence-electron chi connectivity index (χ4n) is 2.80. The normalized spacial score (nSPS) is 11.9. The lowest BCUT2D eigenvalue weighted by molar-refractivity contribution is -0.132. The number of aliphatic carboxylic acids is 1. The average Bonchev–Trinajstić information content (AvgIpc) is 3.16. The maximum absolute atomic E-state index is 12.2. The Kier molecular flexibility index (Phi) is 5.69. The largest absolute Gasteiger partial charge is 0.477 e. The first-order valence-corrected chi connectivity index (χ1v) is 9.26. The highest BCUT2D eigenvalue weighted by atomic mass is 16.4. The summed E-state index contributed by atoms with van der Waals surface area (Å²) in [7, 11) is 0. The van der Waals surface area contributed by atoms with Crippen LogP contribution in [0, 0.1) is 0 Å². The van der Waals surface area contributed by atoms with Crippen molar-refractivity contribution < 1.29 is 19.1 Å². The summed E-state index contributed by atoms with van der Waals surface area (Å²) in [5, 5.41) is 11.9. The van der Waals surface area contributed by atoms with Gasteiger partial charge in [0.2, 0.25) is 0 Å². The summed E-state index contributed by atoms with van der Waals surface area (Å²) in [6, 6.07) is 19.9. The Morgan fingerprint density at radius 1 is 0.931 bits per heavy atom. The van der Waals surface area contributed by atoms with Crippen LogP contribution in [0.25, 0.3) is 17.4 Å². The van der Waals surface area contributed by atoms with Gasteiger partial charge in [0.1, 0.15) is 17.2 Å². The maximum atomic E-state index is 12.2. The van der Waals surface area contributed by atoms with Crippen molar-refractivity contribution in [2.75, 3.05) is 0 Å². The third-order valence-electron chi connectivity index (χ3n) is 4.46. The van der Waals surface area contributed by atoms with Gasteiger partial charge in [-0.05, 0) is 35.2 Å². The lowest BCUT2D eigenvalue weighted by Crippen LogP contribution is -2.27. The van der Waals surface area contributed by atoms with E-state index in [1.54, 1.807) is 42.5 Å². The van der Waals surface area contributed by atoms with Gasteiger partial charge >= 0.3 is 5.97 Å². The Morgan fingerprint density at radius 2 is 1.59 bits per heavy atom. The molecule has 0 saturated heterocycles. The number of carboxylic acid groups (broad SMARTS) is 1. The monoisotopic (exact) mass is 389 g/mol. The van der Waals surface area contributed by atoms with Crippen LogP contribution in [0.2, 0.25) is 0 Å². The smallest absolute Gasteiger partial charge is 0.352 e. The van der Waals surface area contributed by atoms with Crippen LogP contribution < -0.4 is 5.32 Å². The summed E-state index contributed by atoms with van der Waals surface area (Å²) in [5.41, 5.74) is 2.28. The van der Waals surface area contributed by atoms with Crippen LogP contribution in [0.1, 0.15) is 42.5 Å². The third-order valence-corrected chi connectivity index (χ3v) is 4.46. The molecular formula is C24H23NO4. The molecule has 0 saturated carbocycles. The Hall–Kier alpha value is -3.60. The van der Waals surface area contributed by atoms with Gasteiger partial charge in [0, 0.05) is 17.2 Å². The van der Waals surface area contributed by atoms with E-state index in [2.05, 4.69) is 38.2 Å². The van der Waals surface area contributed by atoms with E-state index in [-0.39, 0.29) is 11.1 Å². The van der Waals surface area contributed by atoms with Crippen molar-refractivity contribution in [3.05, 3.63) is 89.3 Å². The maximum Gasteiger partial charge on any atom is 0.352 e. The molecule has 148 valence electrons. The number of nitrogens with one attached hydrogen (secondary N) is 1. The lowest BCUT2D eigenvalue weighted by Gasteiger charge is -2.18. The Labute approximate surface area is 169 Å². The molecule has 0 aliphatic heterocycles. The number of benzene rings is 2. The van der Waals surface area contributed by atoms with E-state index in [1.165, 1.54) is 11.6 Å². The molecule has 2 aromatic carbocycles. The first-order valence-electron chi connectivity index (χ1n) is 9.26. The number of carboxylic acids is 1. The molecule has 2 N–H and O–H groups in total. The highest BCUT2D eigenvalue weighted by molar-refractivity contribution is 6.02. The minimum absolute atomic E-state index is 0.0585. The molecule has 3 aromatic rings. The second-order valence-electron chi connectivity index (χ2n) is 7.71.